The number of methoxy groups -OCH3 is 1. The topological polar surface area (TPSA) is 55.8 Å². The molecule has 4 nitrogen and oxygen atoms in total. The van der Waals surface area contributed by atoms with Gasteiger partial charge in [-0.3, -0.25) is 0 Å². The molecule has 0 aliphatic carbocycles. The van der Waals surface area contributed by atoms with Crippen molar-refractivity contribution in [3.05, 3.63) is 29.3 Å². The van der Waals surface area contributed by atoms with Crippen LogP contribution < -0.4 is 5.46 Å². The smallest absolute Gasteiger partial charge is 0.343 e. The van der Waals surface area contributed by atoms with Gasteiger partial charge >= 0.3 is 13.5 Å². The molecular weight excluding hydrogens is 349 g/mol. The monoisotopic (exact) mass is 377 g/mol. The lowest BCUT2D eigenvalue weighted by Crippen LogP contribution is -2.49. The minimum Gasteiger partial charge on any atom is -0.465 e. The number of ether oxygens (including phenoxy) is 1. The first-order valence-electron chi connectivity index (χ1n) is 7.75. The number of hydrogen-bond donors (Lipinski definition) is 2. The molecule has 0 fully saturated rings. The molecule has 0 atom stereocenters. The van der Waals surface area contributed by atoms with Gasteiger partial charge in [-0.1, -0.05) is 13.8 Å². The van der Waals surface area contributed by atoms with Crippen molar-refractivity contribution in [2.24, 2.45) is 0 Å². The molecular formula is C17H28BF2O4S. The van der Waals surface area contributed by atoms with Crippen molar-refractivity contribution < 1.29 is 28.1 Å². The Kier molecular flexibility index (Phi) is 12.0. The fraction of sp³-hybridized carbons (Fsp3) is 0.588. The highest BCUT2D eigenvalue weighted by Crippen LogP contribution is 2.24. The predicted molar refractivity (Wildman–Crippen MR) is 101 cm³/mol. The third kappa shape index (κ3) is 7.75. The molecule has 0 amide bonds. The van der Waals surface area contributed by atoms with Gasteiger partial charge in [0.1, 0.15) is 17.2 Å². The summed E-state index contributed by atoms with van der Waals surface area (Å²) in [6.45, 7) is 10.4. The molecule has 1 aromatic rings. The summed E-state index contributed by atoms with van der Waals surface area (Å²) in [5, 5.41) is 9.93. The first kappa shape index (κ1) is 26.1. The SMILES string of the molecule is CC.COC(=O)c1c(F)cc([B]OC(C)(C)C(C)(C)O)cc1F.CS. The lowest BCUT2D eigenvalue weighted by Gasteiger charge is -2.37. The van der Waals surface area contributed by atoms with E-state index in [1.807, 2.05) is 13.8 Å². The number of carbonyl (C=O) groups is 1. The maximum atomic E-state index is 13.7. The maximum Gasteiger partial charge on any atom is 0.343 e. The van der Waals surface area contributed by atoms with Crippen LogP contribution in [0.4, 0.5) is 8.78 Å². The molecule has 25 heavy (non-hydrogen) atoms. The standard InChI is InChI=1S/C14H18BF2O4.C2H6.CH4S/c1-13(2,19)14(3,4)21-15-8-6-9(16)11(10(17)7-8)12(18)20-5;2*1-2/h6-7,19H,1-5H3;1-2H3;2H,1H3. The Balaban J connectivity index is 0. The zero-order valence-corrected chi connectivity index (χ0v) is 17.0. The van der Waals surface area contributed by atoms with Crippen LogP contribution in [0.5, 0.6) is 0 Å². The van der Waals surface area contributed by atoms with Gasteiger partial charge in [0.15, 0.2) is 0 Å². The van der Waals surface area contributed by atoms with E-state index in [0.29, 0.717) is 0 Å². The number of rotatable bonds is 5. The molecule has 0 bridgehead atoms. The van der Waals surface area contributed by atoms with Crippen LogP contribution in [0.3, 0.4) is 0 Å². The summed E-state index contributed by atoms with van der Waals surface area (Å²) in [5.41, 5.74) is -2.79. The number of halogens is 2. The van der Waals surface area contributed by atoms with E-state index in [1.165, 1.54) is 0 Å². The van der Waals surface area contributed by atoms with Crippen LogP contribution in [0.25, 0.3) is 0 Å². The molecule has 0 heterocycles. The van der Waals surface area contributed by atoms with E-state index < -0.39 is 34.4 Å². The van der Waals surface area contributed by atoms with Crippen molar-refractivity contribution in [1.29, 1.82) is 0 Å². The van der Waals surface area contributed by atoms with Crippen LogP contribution in [0.15, 0.2) is 12.1 Å². The first-order valence-corrected chi connectivity index (χ1v) is 8.64. The van der Waals surface area contributed by atoms with Crippen molar-refractivity contribution in [3.8, 4) is 0 Å². The fourth-order valence-electron chi connectivity index (χ4n) is 1.32. The zero-order valence-electron chi connectivity index (χ0n) is 16.1. The second kappa shape index (κ2) is 11.5. The highest BCUT2D eigenvalue weighted by Gasteiger charge is 2.35. The predicted octanol–water partition coefficient (Wildman–Crippen LogP) is 3.13. The van der Waals surface area contributed by atoms with Gasteiger partial charge in [0, 0.05) is 0 Å². The van der Waals surface area contributed by atoms with Gasteiger partial charge in [-0.05, 0) is 51.5 Å². The molecule has 0 aliphatic rings. The zero-order chi connectivity index (χ0) is 20.4. The number of hydrogen-bond acceptors (Lipinski definition) is 5. The maximum absolute atomic E-state index is 13.7. The Bertz CT molecular complexity index is 523. The van der Waals surface area contributed by atoms with Crippen LogP contribution in [0, 0.1) is 11.6 Å². The molecule has 143 valence electrons. The molecule has 1 N–H and O–H groups in total. The van der Waals surface area contributed by atoms with Crippen molar-refractivity contribution in [2.75, 3.05) is 13.4 Å². The Labute approximate surface area is 155 Å². The summed E-state index contributed by atoms with van der Waals surface area (Å²) in [5.74, 6) is -3.18. The molecule has 0 saturated heterocycles. The van der Waals surface area contributed by atoms with Crippen molar-refractivity contribution >= 4 is 31.5 Å². The highest BCUT2D eigenvalue weighted by molar-refractivity contribution is 7.79. The molecule has 1 aromatic carbocycles. The molecule has 0 aromatic heterocycles. The van der Waals surface area contributed by atoms with Crippen molar-refractivity contribution in [3.63, 3.8) is 0 Å². The number of aliphatic hydroxyl groups is 1. The number of benzene rings is 1. The fourth-order valence-corrected chi connectivity index (χ4v) is 1.32. The lowest BCUT2D eigenvalue weighted by molar-refractivity contribution is -0.0893. The summed E-state index contributed by atoms with van der Waals surface area (Å²) in [6.07, 6.45) is 1.69. The molecule has 0 saturated carbocycles. The highest BCUT2D eigenvalue weighted by atomic mass is 32.1. The van der Waals surface area contributed by atoms with E-state index >= 15 is 0 Å². The van der Waals surface area contributed by atoms with Gasteiger partial charge in [0.2, 0.25) is 0 Å². The second-order valence-electron chi connectivity index (χ2n) is 5.66. The molecule has 1 rings (SSSR count). The van der Waals surface area contributed by atoms with Gasteiger partial charge in [0.25, 0.3) is 0 Å². The Morgan fingerprint density at radius 3 is 1.84 bits per heavy atom. The average Bonchev–Trinajstić information content (AvgIpc) is 2.55. The van der Waals surface area contributed by atoms with Crippen LogP contribution in [0.1, 0.15) is 51.9 Å². The summed E-state index contributed by atoms with van der Waals surface area (Å²) < 4.78 is 37.2. The summed E-state index contributed by atoms with van der Waals surface area (Å²) in [4.78, 5) is 11.2. The van der Waals surface area contributed by atoms with Gasteiger partial charge < -0.3 is 14.5 Å². The Hall–Kier alpha value is -1.12. The summed E-state index contributed by atoms with van der Waals surface area (Å²) in [7, 11) is 2.17. The number of carbonyl (C=O) groups excluding carboxylic acids is 1. The van der Waals surface area contributed by atoms with E-state index in [2.05, 4.69) is 17.4 Å². The largest absolute Gasteiger partial charge is 0.465 e. The molecule has 8 heteroatoms. The minimum atomic E-state index is -1.16. The van der Waals surface area contributed by atoms with E-state index in [9.17, 15) is 18.7 Å². The third-order valence-electron chi connectivity index (χ3n) is 3.42. The number of esters is 1. The first-order chi connectivity index (χ1) is 11.5. The Morgan fingerprint density at radius 1 is 1.12 bits per heavy atom. The minimum absolute atomic E-state index is 0.0926. The van der Waals surface area contributed by atoms with Gasteiger partial charge in [0.05, 0.1) is 18.3 Å². The van der Waals surface area contributed by atoms with Gasteiger partial charge in [-0.25, -0.2) is 13.6 Å². The summed E-state index contributed by atoms with van der Waals surface area (Å²) in [6, 6.07) is 1.91. The van der Waals surface area contributed by atoms with Gasteiger partial charge in [-0.15, -0.1) is 0 Å². The normalized spacial score (nSPS) is 10.7. The van der Waals surface area contributed by atoms with Crippen molar-refractivity contribution in [1.82, 2.24) is 0 Å². The van der Waals surface area contributed by atoms with E-state index in [1.54, 1.807) is 34.0 Å². The van der Waals surface area contributed by atoms with Crippen LogP contribution >= 0.6 is 12.6 Å². The van der Waals surface area contributed by atoms with Crippen LogP contribution in [0.2, 0.25) is 0 Å². The Morgan fingerprint density at radius 2 is 1.52 bits per heavy atom. The van der Waals surface area contributed by atoms with E-state index in [-0.39, 0.29) is 5.46 Å². The second-order valence-corrected chi connectivity index (χ2v) is 5.66. The van der Waals surface area contributed by atoms with Crippen LogP contribution in [-0.2, 0) is 9.39 Å². The molecule has 0 spiro atoms. The third-order valence-corrected chi connectivity index (χ3v) is 3.42. The number of thiol groups is 1. The average molecular weight is 377 g/mol. The molecule has 1 radical (unpaired) electrons. The van der Waals surface area contributed by atoms with Crippen LogP contribution in [-0.4, -0.2) is 43.1 Å². The van der Waals surface area contributed by atoms with Gasteiger partial charge in [-0.2, -0.15) is 12.6 Å². The van der Waals surface area contributed by atoms with Crippen molar-refractivity contribution in [2.45, 2.75) is 52.7 Å². The lowest BCUT2D eigenvalue weighted by atomic mass is 9.82. The summed E-state index contributed by atoms with van der Waals surface area (Å²) >= 11 is 3.53. The van der Waals surface area contributed by atoms with E-state index in [4.69, 9.17) is 4.65 Å². The molecule has 0 aliphatic heterocycles. The molecule has 0 unspecified atom stereocenters. The quantitative estimate of drug-likeness (QED) is 0.470. The van der Waals surface area contributed by atoms with E-state index in [0.717, 1.165) is 26.7 Å².